The smallest absolute Gasteiger partial charge is 0.224 e. The maximum absolute atomic E-state index is 4.28. The first kappa shape index (κ1) is 12.7. The lowest BCUT2D eigenvalue weighted by atomic mass is 10.3. The lowest BCUT2D eigenvalue weighted by Crippen LogP contribution is -2.14. The van der Waals surface area contributed by atoms with Gasteiger partial charge >= 0.3 is 0 Å². The van der Waals surface area contributed by atoms with Crippen LogP contribution < -0.4 is 10.6 Å². The van der Waals surface area contributed by atoms with Crippen LogP contribution in [0.1, 0.15) is 12.8 Å². The fourth-order valence-electron chi connectivity index (χ4n) is 1.35. The number of anilines is 2. The summed E-state index contributed by atoms with van der Waals surface area (Å²) < 4.78 is 0. The Hall–Kier alpha value is -1.36. The van der Waals surface area contributed by atoms with Crippen LogP contribution in [0.4, 0.5) is 11.8 Å². The van der Waals surface area contributed by atoms with Crippen molar-refractivity contribution in [2.45, 2.75) is 12.8 Å². The quantitative estimate of drug-likeness (QED) is 0.682. The predicted octanol–water partition coefficient (Wildman–Crippen LogP) is 1.27. The Kier molecular flexibility index (Phi) is 5.56. The van der Waals surface area contributed by atoms with E-state index in [0.29, 0.717) is 5.95 Å². The Morgan fingerprint density at radius 2 is 2.12 bits per heavy atom. The van der Waals surface area contributed by atoms with Gasteiger partial charge in [-0.25, -0.2) is 4.98 Å². The van der Waals surface area contributed by atoms with E-state index < -0.39 is 0 Å². The third-order valence-corrected chi connectivity index (χ3v) is 2.22. The van der Waals surface area contributed by atoms with E-state index >= 15 is 0 Å². The molecule has 1 rings (SSSR count). The molecule has 90 valence electrons. The van der Waals surface area contributed by atoms with Gasteiger partial charge in [0.05, 0.1) is 0 Å². The van der Waals surface area contributed by atoms with Crippen LogP contribution in [-0.2, 0) is 0 Å². The predicted molar refractivity (Wildman–Crippen MR) is 67.9 cm³/mol. The van der Waals surface area contributed by atoms with Crippen molar-refractivity contribution >= 4 is 11.8 Å². The van der Waals surface area contributed by atoms with Gasteiger partial charge in [0.25, 0.3) is 0 Å². The van der Waals surface area contributed by atoms with Crippen LogP contribution in [0.25, 0.3) is 0 Å². The van der Waals surface area contributed by atoms with Crippen LogP contribution in [0.3, 0.4) is 0 Å². The first-order valence-corrected chi connectivity index (χ1v) is 5.62. The van der Waals surface area contributed by atoms with Gasteiger partial charge in [-0.2, -0.15) is 4.98 Å². The number of aromatic nitrogens is 2. The maximum atomic E-state index is 4.28. The summed E-state index contributed by atoms with van der Waals surface area (Å²) in [7, 11) is 6.00. The van der Waals surface area contributed by atoms with Gasteiger partial charge < -0.3 is 15.5 Å². The van der Waals surface area contributed by atoms with E-state index in [-0.39, 0.29) is 0 Å². The SMILES string of the molecule is CNc1nccc(NCCCCN(C)C)n1. The second-order valence-electron chi connectivity index (χ2n) is 3.95. The standard InChI is InChI=1S/C11H21N5/c1-12-11-14-8-6-10(15-11)13-7-4-5-9-16(2)3/h6,8H,4-5,7,9H2,1-3H3,(H2,12,13,14,15). The summed E-state index contributed by atoms with van der Waals surface area (Å²) >= 11 is 0. The summed E-state index contributed by atoms with van der Waals surface area (Å²) in [6.07, 6.45) is 4.10. The fourth-order valence-corrected chi connectivity index (χ4v) is 1.35. The van der Waals surface area contributed by atoms with E-state index in [1.54, 1.807) is 6.20 Å². The molecule has 0 bridgehead atoms. The highest BCUT2D eigenvalue weighted by Gasteiger charge is 1.96. The molecule has 1 heterocycles. The van der Waals surface area contributed by atoms with Gasteiger partial charge in [0.15, 0.2) is 0 Å². The monoisotopic (exact) mass is 223 g/mol. The molecule has 1 aromatic heterocycles. The average Bonchev–Trinajstić information content (AvgIpc) is 2.28. The molecule has 0 amide bonds. The summed E-state index contributed by atoms with van der Waals surface area (Å²) in [5.74, 6) is 1.53. The van der Waals surface area contributed by atoms with Crippen molar-refractivity contribution in [1.29, 1.82) is 0 Å². The lowest BCUT2D eigenvalue weighted by molar-refractivity contribution is 0.396. The molecule has 0 aliphatic rings. The van der Waals surface area contributed by atoms with Gasteiger partial charge in [-0.3, -0.25) is 0 Å². The number of nitrogens with zero attached hydrogens (tertiary/aromatic N) is 3. The van der Waals surface area contributed by atoms with Crippen LogP contribution in [0.5, 0.6) is 0 Å². The van der Waals surface area contributed by atoms with Gasteiger partial charge in [0, 0.05) is 19.8 Å². The molecule has 0 aliphatic carbocycles. The Morgan fingerprint density at radius 1 is 1.31 bits per heavy atom. The Labute approximate surface area is 97.3 Å². The molecule has 0 fully saturated rings. The minimum Gasteiger partial charge on any atom is -0.370 e. The third kappa shape index (κ3) is 4.93. The number of hydrogen-bond donors (Lipinski definition) is 2. The minimum atomic E-state index is 0.651. The largest absolute Gasteiger partial charge is 0.370 e. The molecule has 0 unspecified atom stereocenters. The van der Waals surface area contributed by atoms with Crippen molar-refractivity contribution in [2.75, 3.05) is 44.9 Å². The second kappa shape index (κ2) is 7.00. The second-order valence-corrected chi connectivity index (χ2v) is 3.95. The molecule has 0 aromatic carbocycles. The molecule has 5 heteroatoms. The minimum absolute atomic E-state index is 0.651. The highest BCUT2D eigenvalue weighted by Crippen LogP contribution is 2.04. The Morgan fingerprint density at radius 3 is 2.81 bits per heavy atom. The van der Waals surface area contributed by atoms with Crippen LogP contribution in [0, 0.1) is 0 Å². The van der Waals surface area contributed by atoms with E-state index in [1.165, 1.54) is 6.42 Å². The van der Waals surface area contributed by atoms with Crippen molar-refractivity contribution in [3.8, 4) is 0 Å². The molecule has 0 spiro atoms. The van der Waals surface area contributed by atoms with Gasteiger partial charge in [0.2, 0.25) is 5.95 Å². The Bertz CT molecular complexity index is 300. The summed E-state index contributed by atoms with van der Waals surface area (Å²) in [5, 5.41) is 6.20. The van der Waals surface area contributed by atoms with Gasteiger partial charge in [0.1, 0.15) is 5.82 Å². The van der Waals surface area contributed by atoms with Gasteiger partial charge in [-0.1, -0.05) is 0 Å². The molecule has 0 aliphatic heterocycles. The highest BCUT2D eigenvalue weighted by atomic mass is 15.1. The maximum Gasteiger partial charge on any atom is 0.224 e. The zero-order valence-corrected chi connectivity index (χ0v) is 10.3. The van der Waals surface area contributed by atoms with Crippen molar-refractivity contribution in [2.24, 2.45) is 0 Å². The molecular weight excluding hydrogens is 202 g/mol. The van der Waals surface area contributed by atoms with Gasteiger partial charge in [-0.05, 0) is 39.5 Å². The molecule has 0 saturated carbocycles. The number of rotatable bonds is 7. The summed E-state index contributed by atoms with van der Waals surface area (Å²) in [6, 6.07) is 1.88. The molecule has 0 atom stereocenters. The lowest BCUT2D eigenvalue weighted by Gasteiger charge is -2.09. The summed E-state index contributed by atoms with van der Waals surface area (Å²) in [4.78, 5) is 10.5. The van der Waals surface area contributed by atoms with E-state index in [0.717, 1.165) is 25.3 Å². The zero-order valence-electron chi connectivity index (χ0n) is 10.3. The van der Waals surface area contributed by atoms with Crippen LogP contribution >= 0.6 is 0 Å². The number of nitrogens with one attached hydrogen (secondary N) is 2. The number of hydrogen-bond acceptors (Lipinski definition) is 5. The molecule has 2 N–H and O–H groups in total. The molecule has 0 saturated heterocycles. The van der Waals surface area contributed by atoms with E-state index in [1.807, 2.05) is 13.1 Å². The normalized spacial score (nSPS) is 10.5. The summed E-state index contributed by atoms with van der Waals surface area (Å²) in [6.45, 7) is 2.08. The molecule has 16 heavy (non-hydrogen) atoms. The fraction of sp³-hybridized carbons (Fsp3) is 0.636. The molecular formula is C11H21N5. The topological polar surface area (TPSA) is 53.1 Å². The first-order chi connectivity index (χ1) is 7.72. The molecule has 0 radical (unpaired) electrons. The van der Waals surface area contributed by atoms with E-state index in [4.69, 9.17) is 0 Å². The van der Waals surface area contributed by atoms with Crippen LogP contribution in [0.2, 0.25) is 0 Å². The van der Waals surface area contributed by atoms with Gasteiger partial charge in [-0.15, -0.1) is 0 Å². The molecule has 1 aromatic rings. The zero-order chi connectivity index (χ0) is 11.8. The average molecular weight is 223 g/mol. The highest BCUT2D eigenvalue weighted by molar-refractivity contribution is 5.38. The van der Waals surface area contributed by atoms with Crippen LogP contribution in [0.15, 0.2) is 12.3 Å². The van der Waals surface area contributed by atoms with Crippen molar-refractivity contribution in [1.82, 2.24) is 14.9 Å². The van der Waals surface area contributed by atoms with Crippen molar-refractivity contribution in [3.05, 3.63) is 12.3 Å². The van der Waals surface area contributed by atoms with E-state index in [9.17, 15) is 0 Å². The van der Waals surface area contributed by atoms with Crippen LogP contribution in [-0.4, -0.2) is 49.1 Å². The summed E-state index contributed by atoms with van der Waals surface area (Å²) in [5.41, 5.74) is 0. The molecule has 5 nitrogen and oxygen atoms in total. The first-order valence-electron chi connectivity index (χ1n) is 5.62. The number of unbranched alkanes of at least 4 members (excludes halogenated alkanes) is 1. The third-order valence-electron chi connectivity index (χ3n) is 2.22. The Balaban J connectivity index is 2.21. The van der Waals surface area contributed by atoms with E-state index in [2.05, 4.69) is 39.6 Å². The van der Waals surface area contributed by atoms with Crippen molar-refractivity contribution in [3.63, 3.8) is 0 Å². The van der Waals surface area contributed by atoms with Crippen molar-refractivity contribution < 1.29 is 0 Å².